The molecule has 1 rings (SSSR count). The highest BCUT2D eigenvalue weighted by molar-refractivity contribution is 8.35. The van der Waals surface area contributed by atoms with E-state index in [4.69, 9.17) is 12.2 Å². The first-order valence-electron chi connectivity index (χ1n) is 4.36. The van der Waals surface area contributed by atoms with Crippen LogP contribution in [0.3, 0.4) is 0 Å². The van der Waals surface area contributed by atoms with Crippen LogP contribution in [-0.4, -0.2) is 8.94 Å². The Balaban J connectivity index is 3.04. The smallest absolute Gasteiger partial charge is 0.0719 e. The average molecular weight is 202 g/mol. The van der Waals surface area contributed by atoms with Gasteiger partial charge in [0, 0.05) is 0 Å². The number of thioether (sulfide) groups is 1. The molecule has 1 heterocycles. The lowest BCUT2D eigenvalue weighted by atomic mass is 9.67. The molecule has 1 aliphatic rings. The van der Waals surface area contributed by atoms with Crippen molar-refractivity contribution in [1.82, 2.24) is 0 Å². The molecular weight excluding hydrogens is 184 g/mol. The van der Waals surface area contributed by atoms with Crippen molar-refractivity contribution in [3.05, 3.63) is 0 Å². The summed E-state index contributed by atoms with van der Waals surface area (Å²) in [7, 11) is 0. The molecule has 0 amide bonds. The lowest BCUT2D eigenvalue weighted by Crippen LogP contribution is -2.41. The minimum Gasteiger partial charge on any atom is -0.103 e. The third-order valence-corrected chi connectivity index (χ3v) is 5.31. The number of rotatable bonds is 0. The molecule has 2 heteroatoms. The van der Waals surface area contributed by atoms with Crippen LogP contribution in [0.4, 0.5) is 0 Å². The maximum absolute atomic E-state index is 5.34. The highest BCUT2D eigenvalue weighted by Gasteiger charge is 2.65. The van der Waals surface area contributed by atoms with Crippen molar-refractivity contribution in [2.75, 3.05) is 0 Å². The van der Waals surface area contributed by atoms with Crippen molar-refractivity contribution in [1.29, 1.82) is 0 Å². The van der Waals surface area contributed by atoms with E-state index in [9.17, 15) is 0 Å². The van der Waals surface area contributed by atoms with Gasteiger partial charge in [0.25, 0.3) is 0 Å². The van der Waals surface area contributed by atoms with Crippen molar-refractivity contribution in [2.45, 2.75) is 46.3 Å². The van der Waals surface area contributed by atoms with Crippen molar-refractivity contribution in [3.8, 4) is 0 Å². The third kappa shape index (κ3) is 1.24. The van der Waals surface area contributed by atoms with Gasteiger partial charge in [0.1, 0.15) is 0 Å². The predicted molar refractivity (Wildman–Crippen MR) is 61.8 cm³/mol. The van der Waals surface area contributed by atoms with Crippen LogP contribution in [0, 0.1) is 10.8 Å². The molecule has 70 valence electrons. The van der Waals surface area contributed by atoms with E-state index in [0.29, 0.717) is 0 Å². The maximum Gasteiger partial charge on any atom is 0.0719 e. The van der Waals surface area contributed by atoms with Crippen molar-refractivity contribution in [3.63, 3.8) is 0 Å². The maximum atomic E-state index is 5.34. The van der Waals surface area contributed by atoms with Gasteiger partial charge < -0.3 is 0 Å². The summed E-state index contributed by atoms with van der Waals surface area (Å²) in [6.45, 7) is 13.7. The van der Waals surface area contributed by atoms with E-state index in [0.717, 1.165) is 0 Å². The SMILES string of the molecule is CC(C)(C)C1(C(C)(C)C)SC1=S. The summed E-state index contributed by atoms with van der Waals surface area (Å²) in [5.41, 5.74) is 0.569. The second kappa shape index (κ2) is 2.48. The Morgan fingerprint density at radius 3 is 1.25 bits per heavy atom. The van der Waals surface area contributed by atoms with Crippen LogP contribution in [0.1, 0.15) is 41.5 Å². The third-order valence-electron chi connectivity index (χ3n) is 2.60. The monoisotopic (exact) mass is 202 g/mol. The molecular formula is C10H18S2. The minimum absolute atomic E-state index is 0.231. The molecule has 0 atom stereocenters. The summed E-state index contributed by atoms with van der Waals surface area (Å²) in [5.74, 6) is 0. The van der Waals surface area contributed by atoms with Gasteiger partial charge in [-0.25, -0.2) is 0 Å². The van der Waals surface area contributed by atoms with E-state index < -0.39 is 0 Å². The molecule has 0 radical (unpaired) electrons. The molecule has 0 aromatic rings. The van der Waals surface area contributed by atoms with E-state index in [1.165, 1.54) is 4.20 Å². The molecule has 0 unspecified atom stereocenters. The number of hydrogen-bond acceptors (Lipinski definition) is 2. The first-order valence-corrected chi connectivity index (χ1v) is 5.59. The van der Waals surface area contributed by atoms with Crippen LogP contribution < -0.4 is 0 Å². The fraction of sp³-hybridized carbons (Fsp3) is 0.900. The molecule has 0 aliphatic carbocycles. The Kier molecular flexibility index (Phi) is 2.17. The predicted octanol–water partition coefficient (Wildman–Crippen LogP) is 3.89. The number of thiocarbonyl (C=S) groups is 1. The average Bonchev–Trinajstić information content (AvgIpc) is 2.36. The standard InChI is InChI=1S/C10H18S2/c1-8(2,3)10(7(11)12-10)9(4,5)6/h1-6H3. The molecule has 0 N–H and O–H groups in total. The van der Waals surface area contributed by atoms with Gasteiger partial charge in [-0.1, -0.05) is 53.8 Å². The largest absolute Gasteiger partial charge is 0.103 e. The fourth-order valence-corrected chi connectivity index (χ4v) is 4.60. The first-order chi connectivity index (χ1) is 5.13. The zero-order chi connectivity index (χ0) is 9.78. The van der Waals surface area contributed by atoms with Crippen molar-refractivity contribution in [2.24, 2.45) is 10.8 Å². The quantitative estimate of drug-likeness (QED) is 0.432. The minimum atomic E-state index is 0.231. The van der Waals surface area contributed by atoms with Gasteiger partial charge in [-0.05, 0) is 10.8 Å². The Labute approximate surface area is 85.5 Å². The summed E-state index contributed by atoms with van der Waals surface area (Å²) in [6.07, 6.45) is 0. The zero-order valence-electron chi connectivity index (χ0n) is 8.82. The highest BCUT2D eigenvalue weighted by Crippen LogP contribution is 2.67. The van der Waals surface area contributed by atoms with Crippen LogP contribution >= 0.6 is 24.0 Å². The molecule has 0 aromatic carbocycles. The van der Waals surface area contributed by atoms with Gasteiger partial charge in [0.2, 0.25) is 0 Å². The second-order valence-electron chi connectivity index (χ2n) is 5.57. The number of hydrogen-bond donors (Lipinski definition) is 0. The molecule has 12 heavy (non-hydrogen) atoms. The Morgan fingerprint density at radius 1 is 1.00 bits per heavy atom. The van der Waals surface area contributed by atoms with Crippen LogP contribution in [0.15, 0.2) is 0 Å². The van der Waals surface area contributed by atoms with Crippen molar-refractivity contribution >= 4 is 28.2 Å². The van der Waals surface area contributed by atoms with Crippen LogP contribution in [0.5, 0.6) is 0 Å². The van der Waals surface area contributed by atoms with Gasteiger partial charge in [-0.15, -0.1) is 11.8 Å². The summed E-state index contributed by atoms with van der Waals surface area (Å²) in [6, 6.07) is 0. The molecule has 0 nitrogen and oxygen atoms in total. The summed E-state index contributed by atoms with van der Waals surface area (Å²) >= 11 is 7.23. The van der Waals surface area contributed by atoms with Crippen LogP contribution in [0.25, 0.3) is 0 Å². The molecule has 1 fully saturated rings. The zero-order valence-corrected chi connectivity index (χ0v) is 10.4. The fourth-order valence-electron chi connectivity index (χ4n) is 2.16. The van der Waals surface area contributed by atoms with E-state index in [2.05, 4.69) is 41.5 Å². The molecule has 1 aliphatic heterocycles. The van der Waals surface area contributed by atoms with Crippen LogP contribution in [-0.2, 0) is 0 Å². The van der Waals surface area contributed by atoms with Crippen molar-refractivity contribution < 1.29 is 0 Å². The van der Waals surface area contributed by atoms with Gasteiger partial charge >= 0.3 is 0 Å². The summed E-state index contributed by atoms with van der Waals surface area (Å²) in [5, 5.41) is 0. The topological polar surface area (TPSA) is 0 Å². The Bertz CT molecular complexity index is 201. The van der Waals surface area contributed by atoms with Gasteiger partial charge in [-0.3, -0.25) is 0 Å². The lowest BCUT2D eigenvalue weighted by molar-refractivity contribution is 0.219. The van der Waals surface area contributed by atoms with E-state index in [1.54, 1.807) is 0 Å². The molecule has 1 saturated heterocycles. The highest BCUT2D eigenvalue weighted by atomic mass is 32.2. The summed E-state index contributed by atoms with van der Waals surface area (Å²) in [4.78, 5) is 0. The van der Waals surface area contributed by atoms with Gasteiger partial charge in [0.05, 0.1) is 8.94 Å². The Morgan fingerprint density at radius 2 is 1.25 bits per heavy atom. The normalized spacial score (nSPS) is 22.7. The molecule has 0 bridgehead atoms. The lowest BCUT2D eigenvalue weighted by Gasteiger charge is -2.39. The second-order valence-corrected chi connectivity index (χ2v) is 7.46. The molecule has 0 aromatic heterocycles. The van der Waals surface area contributed by atoms with Gasteiger partial charge in [0.15, 0.2) is 0 Å². The first kappa shape index (κ1) is 10.5. The molecule has 0 spiro atoms. The van der Waals surface area contributed by atoms with E-state index in [-0.39, 0.29) is 15.6 Å². The van der Waals surface area contributed by atoms with Gasteiger partial charge in [-0.2, -0.15) is 0 Å². The van der Waals surface area contributed by atoms with E-state index in [1.807, 2.05) is 11.8 Å². The Hall–Kier alpha value is 0.440. The molecule has 0 saturated carbocycles. The summed E-state index contributed by atoms with van der Waals surface area (Å²) < 4.78 is 1.43. The van der Waals surface area contributed by atoms with E-state index >= 15 is 0 Å². The van der Waals surface area contributed by atoms with Crippen LogP contribution in [0.2, 0.25) is 0 Å².